The zero-order chi connectivity index (χ0) is 28.5. The summed E-state index contributed by atoms with van der Waals surface area (Å²) in [4.78, 5) is 16.5. The van der Waals surface area contributed by atoms with Crippen LogP contribution in [0, 0.1) is 12.8 Å². The normalized spacial score (nSPS) is 13.5. The van der Waals surface area contributed by atoms with Crippen molar-refractivity contribution in [3.63, 3.8) is 0 Å². The first kappa shape index (κ1) is 31.4. The molecule has 10 nitrogen and oxygen atoms in total. The summed E-state index contributed by atoms with van der Waals surface area (Å²) in [5.41, 5.74) is 1.98. The van der Waals surface area contributed by atoms with E-state index in [1.165, 1.54) is 0 Å². The first-order valence-electron chi connectivity index (χ1n) is 12.3. The van der Waals surface area contributed by atoms with Gasteiger partial charge in [0.1, 0.15) is 11.4 Å². The number of aliphatic hydroxyl groups is 1. The molecular formula is C27H40N4O6S. The molecule has 0 fully saturated rings. The first-order chi connectivity index (χ1) is 18.0. The number of rotatable bonds is 11. The van der Waals surface area contributed by atoms with Gasteiger partial charge in [-0.25, -0.2) is 9.94 Å². The molecule has 1 aromatic heterocycles. The number of para-hydroxylation sites is 1. The zero-order valence-electron chi connectivity index (χ0n) is 23.2. The fourth-order valence-corrected chi connectivity index (χ4v) is 4.86. The van der Waals surface area contributed by atoms with E-state index in [2.05, 4.69) is 14.3 Å². The predicted molar refractivity (Wildman–Crippen MR) is 151 cm³/mol. The number of phenolic OH excluding ortho intramolecular Hbond substituents is 1. The smallest absolute Gasteiger partial charge is 0.295 e. The van der Waals surface area contributed by atoms with Gasteiger partial charge in [0, 0.05) is 26.6 Å². The van der Waals surface area contributed by atoms with Gasteiger partial charge in [0.25, 0.3) is 5.56 Å². The van der Waals surface area contributed by atoms with Crippen LogP contribution in [0.5, 0.6) is 5.75 Å². The summed E-state index contributed by atoms with van der Waals surface area (Å²) >= 11 is 0.881. The van der Waals surface area contributed by atoms with Crippen LogP contribution >= 0.6 is 12.0 Å². The van der Waals surface area contributed by atoms with Gasteiger partial charge in [-0.15, -0.1) is 4.33 Å². The molecular weight excluding hydrogens is 508 g/mol. The number of phenols is 1. The lowest BCUT2D eigenvalue weighted by Gasteiger charge is -2.35. The first-order valence-corrected chi connectivity index (χ1v) is 13.2. The molecule has 0 bridgehead atoms. The summed E-state index contributed by atoms with van der Waals surface area (Å²) in [6.45, 7) is 6.69. The summed E-state index contributed by atoms with van der Waals surface area (Å²) in [7, 11) is 7.60. The largest absolute Gasteiger partial charge is 0.508 e. The van der Waals surface area contributed by atoms with Gasteiger partial charge < -0.3 is 20.0 Å². The molecule has 3 aromatic rings. The quantitative estimate of drug-likeness (QED) is 0.107. The second-order valence-electron chi connectivity index (χ2n) is 9.49. The summed E-state index contributed by atoms with van der Waals surface area (Å²) < 4.78 is 7.75. The highest BCUT2D eigenvalue weighted by molar-refractivity contribution is 7.94. The van der Waals surface area contributed by atoms with E-state index in [-0.39, 0.29) is 17.2 Å². The molecule has 0 saturated carbocycles. The Morgan fingerprint density at radius 3 is 2.32 bits per heavy atom. The maximum Gasteiger partial charge on any atom is 0.295 e. The van der Waals surface area contributed by atoms with Crippen LogP contribution in [0.4, 0.5) is 5.69 Å². The Morgan fingerprint density at radius 1 is 1.11 bits per heavy atom. The van der Waals surface area contributed by atoms with Gasteiger partial charge in [-0.3, -0.25) is 9.48 Å². The minimum atomic E-state index is -0.886. The number of nitrogens with zero attached hydrogens (tertiary/aromatic N) is 4. The fourth-order valence-electron chi connectivity index (χ4n) is 4.49. The van der Waals surface area contributed by atoms with E-state index in [1.807, 2.05) is 78.3 Å². The lowest BCUT2D eigenvalue weighted by Crippen LogP contribution is -2.38. The molecule has 0 aliphatic rings. The molecule has 11 heteroatoms. The Kier molecular flexibility index (Phi) is 11.9. The standard InChI is InChI=1S/C14H23NO2.C13H17N3O4S/c1-5-14(17,11(2)10-15(3)4)12-7-6-8-13(16)9-12;1-10-12(14(2)9-21-20-19-18)13(17)16(15(10)3)11-7-5-4-6-8-11/h6-9,11,16-17H,5,10H2,1-4H3;4-8,18H,9H2,1-3H3/t11-,14-;/m1./s1. The molecule has 0 aliphatic carbocycles. The Bertz CT molecular complexity index is 1200. The number of hydrogen-bond acceptors (Lipinski definition) is 9. The van der Waals surface area contributed by atoms with Crippen LogP contribution < -0.4 is 10.5 Å². The maximum atomic E-state index is 12.7. The van der Waals surface area contributed by atoms with E-state index in [1.54, 1.807) is 39.5 Å². The monoisotopic (exact) mass is 548 g/mol. The van der Waals surface area contributed by atoms with Crippen LogP contribution in [-0.4, -0.2) is 63.3 Å². The van der Waals surface area contributed by atoms with E-state index < -0.39 is 5.60 Å². The van der Waals surface area contributed by atoms with Crippen molar-refractivity contribution in [1.82, 2.24) is 14.3 Å². The molecule has 2 aromatic carbocycles. The highest BCUT2D eigenvalue weighted by Gasteiger charge is 2.34. The number of hydrogen-bond donors (Lipinski definition) is 3. The van der Waals surface area contributed by atoms with Crippen molar-refractivity contribution >= 4 is 17.7 Å². The van der Waals surface area contributed by atoms with Crippen molar-refractivity contribution in [2.75, 3.05) is 38.5 Å². The van der Waals surface area contributed by atoms with E-state index in [0.717, 1.165) is 35.5 Å². The fraction of sp³-hybridized carbons (Fsp3) is 0.444. The van der Waals surface area contributed by atoms with Crippen LogP contribution in [0.3, 0.4) is 0 Å². The highest BCUT2D eigenvalue weighted by atomic mass is 32.2. The molecule has 1 heterocycles. The Balaban J connectivity index is 0.000000273. The van der Waals surface area contributed by atoms with Crippen molar-refractivity contribution in [3.8, 4) is 11.4 Å². The van der Waals surface area contributed by atoms with Gasteiger partial charge in [0.2, 0.25) is 0 Å². The molecule has 0 radical (unpaired) electrons. The van der Waals surface area contributed by atoms with Gasteiger partial charge in [-0.2, -0.15) is 0 Å². The average molecular weight is 549 g/mol. The average Bonchev–Trinajstić information content (AvgIpc) is 3.11. The highest BCUT2D eigenvalue weighted by Crippen LogP contribution is 2.34. The Morgan fingerprint density at radius 2 is 1.76 bits per heavy atom. The van der Waals surface area contributed by atoms with Gasteiger partial charge >= 0.3 is 0 Å². The van der Waals surface area contributed by atoms with E-state index in [4.69, 9.17) is 5.26 Å². The molecule has 0 spiro atoms. The van der Waals surface area contributed by atoms with Crippen molar-refractivity contribution < 1.29 is 24.8 Å². The lowest BCUT2D eigenvalue weighted by molar-refractivity contribution is -0.432. The van der Waals surface area contributed by atoms with Crippen LogP contribution in [-0.2, 0) is 22.0 Å². The summed E-state index contributed by atoms with van der Waals surface area (Å²) in [6.07, 6.45) is 0.630. The van der Waals surface area contributed by atoms with Crippen LogP contribution in [0.1, 0.15) is 31.5 Å². The third kappa shape index (κ3) is 7.62. The van der Waals surface area contributed by atoms with Crippen LogP contribution in [0.2, 0.25) is 0 Å². The molecule has 3 N–H and O–H groups in total. The van der Waals surface area contributed by atoms with Crippen molar-refractivity contribution in [1.29, 1.82) is 0 Å². The minimum Gasteiger partial charge on any atom is -0.508 e. The van der Waals surface area contributed by atoms with Crippen molar-refractivity contribution in [3.05, 3.63) is 76.2 Å². The van der Waals surface area contributed by atoms with Gasteiger partial charge in [-0.05, 0) is 57.3 Å². The van der Waals surface area contributed by atoms with Crippen molar-refractivity contribution in [2.24, 2.45) is 13.0 Å². The second-order valence-corrected chi connectivity index (χ2v) is 10.1. The van der Waals surface area contributed by atoms with Crippen LogP contribution in [0.15, 0.2) is 59.4 Å². The maximum absolute atomic E-state index is 12.7. The molecule has 210 valence electrons. The van der Waals surface area contributed by atoms with E-state index in [0.29, 0.717) is 18.0 Å². The molecule has 0 unspecified atom stereocenters. The zero-order valence-corrected chi connectivity index (χ0v) is 24.0. The van der Waals surface area contributed by atoms with Gasteiger partial charge in [0.05, 0.1) is 34.9 Å². The number of aromatic nitrogens is 2. The summed E-state index contributed by atoms with van der Waals surface area (Å²) in [5, 5.41) is 32.0. The minimum absolute atomic E-state index is 0.101. The predicted octanol–water partition coefficient (Wildman–Crippen LogP) is 4.14. The topological polar surface area (TPSA) is 113 Å². The van der Waals surface area contributed by atoms with Gasteiger partial charge in [0.15, 0.2) is 0 Å². The second kappa shape index (κ2) is 14.4. The number of benzene rings is 2. The summed E-state index contributed by atoms with van der Waals surface area (Å²) in [5.74, 6) is 0.630. The molecule has 0 aliphatic heterocycles. The molecule has 38 heavy (non-hydrogen) atoms. The van der Waals surface area contributed by atoms with E-state index >= 15 is 0 Å². The molecule has 0 saturated heterocycles. The lowest BCUT2D eigenvalue weighted by atomic mass is 9.80. The molecule has 0 amide bonds. The van der Waals surface area contributed by atoms with Gasteiger partial charge in [-0.1, -0.05) is 49.2 Å². The third-order valence-corrected chi connectivity index (χ3v) is 7.22. The summed E-state index contributed by atoms with van der Waals surface area (Å²) in [6, 6.07) is 16.3. The third-order valence-electron chi connectivity index (χ3n) is 6.57. The number of anilines is 1. The SMILES string of the molecule is CC[C@](O)(c1cccc(O)c1)[C@H](C)CN(C)C.Cc1c(N(C)CSOOO)c(=O)n(-c2ccccc2)n1C. The van der Waals surface area contributed by atoms with E-state index in [9.17, 15) is 15.0 Å². The van der Waals surface area contributed by atoms with Crippen LogP contribution in [0.25, 0.3) is 5.69 Å². The molecule has 2 atom stereocenters. The molecule has 3 rings (SSSR count). The Hall–Kier alpha value is -2.80. The number of aromatic hydroxyl groups is 1. The Labute approximate surface area is 228 Å². The van der Waals surface area contributed by atoms with Crippen molar-refractivity contribution in [2.45, 2.75) is 32.8 Å².